The Morgan fingerprint density at radius 3 is 3.25 bits per heavy atom. The van der Waals surface area contributed by atoms with Crippen LogP contribution >= 0.6 is 0 Å². The summed E-state index contributed by atoms with van der Waals surface area (Å²) in [6, 6.07) is 2.11. The molecule has 1 aromatic heterocycles. The van der Waals surface area contributed by atoms with Crippen LogP contribution in [0.3, 0.4) is 0 Å². The molecule has 0 amide bonds. The lowest BCUT2D eigenvalue weighted by atomic mass is 10.0. The van der Waals surface area contributed by atoms with Crippen molar-refractivity contribution in [3.63, 3.8) is 0 Å². The fourth-order valence-electron chi connectivity index (χ4n) is 1.61. The Bertz CT molecular complexity index is 316. The largest absolute Gasteiger partial charge is 0.291 e. The maximum absolute atomic E-state index is 4.28. The Kier molecular flexibility index (Phi) is 1.90. The van der Waals surface area contributed by atoms with Crippen LogP contribution < -0.4 is 0 Å². The van der Waals surface area contributed by atoms with E-state index in [1.54, 1.807) is 0 Å². The number of aryl methyl sites for hydroxylation is 1. The van der Waals surface area contributed by atoms with E-state index < -0.39 is 0 Å². The van der Waals surface area contributed by atoms with Crippen molar-refractivity contribution >= 4 is 6.21 Å². The molecule has 0 N–H and O–H groups in total. The van der Waals surface area contributed by atoms with Crippen molar-refractivity contribution in [1.82, 2.24) is 4.98 Å². The minimum absolute atomic E-state index is 0.922. The first kappa shape index (κ1) is 7.47. The topological polar surface area (TPSA) is 25.2 Å². The molecule has 0 radical (unpaired) electrons. The van der Waals surface area contributed by atoms with Crippen molar-refractivity contribution in [2.45, 2.75) is 19.8 Å². The van der Waals surface area contributed by atoms with E-state index in [1.807, 2.05) is 12.4 Å². The molecule has 0 spiro atoms. The van der Waals surface area contributed by atoms with Gasteiger partial charge in [0, 0.05) is 19.0 Å². The van der Waals surface area contributed by atoms with E-state index in [2.05, 4.69) is 23.0 Å². The second kappa shape index (κ2) is 3.05. The highest BCUT2D eigenvalue weighted by Gasteiger charge is 2.09. The zero-order chi connectivity index (χ0) is 8.39. The quantitative estimate of drug-likeness (QED) is 0.612. The molecule has 2 heteroatoms. The van der Waals surface area contributed by atoms with Crippen LogP contribution in [0.15, 0.2) is 17.3 Å². The highest BCUT2D eigenvalue weighted by atomic mass is 14.8. The summed E-state index contributed by atoms with van der Waals surface area (Å²) < 4.78 is 0. The van der Waals surface area contributed by atoms with Crippen LogP contribution in [-0.4, -0.2) is 17.7 Å². The first-order valence-corrected chi connectivity index (χ1v) is 4.38. The molecule has 0 aliphatic carbocycles. The molecule has 0 saturated carbocycles. The summed E-state index contributed by atoms with van der Waals surface area (Å²) in [5.41, 5.74) is 3.89. The molecule has 12 heavy (non-hydrogen) atoms. The molecule has 0 unspecified atom stereocenters. The lowest BCUT2D eigenvalue weighted by Gasteiger charge is -2.12. The summed E-state index contributed by atoms with van der Waals surface area (Å²) in [4.78, 5) is 8.48. The number of pyridine rings is 1. The molecule has 0 bridgehead atoms. The highest BCUT2D eigenvalue weighted by molar-refractivity contribution is 5.80. The molecule has 0 aromatic carbocycles. The molecule has 0 atom stereocenters. The lowest BCUT2D eigenvalue weighted by Crippen LogP contribution is -2.08. The van der Waals surface area contributed by atoms with Crippen LogP contribution in [0.1, 0.15) is 23.7 Å². The van der Waals surface area contributed by atoms with E-state index in [9.17, 15) is 0 Å². The predicted octanol–water partition coefficient (Wildman–Crippen LogP) is 1.62. The van der Waals surface area contributed by atoms with Gasteiger partial charge in [0.25, 0.3) is 0 Å². The van der Waals surface area contributed by atoms with Gasteiger partial charge in [-0.15, -0.1) is 0 Å². The zero-order valence-corrected chi connectivity index (χ0v) is 7.25. The second-order valence-corrected chi connectivity index (χ2v) is 2.97. The van der Waals surface area contributed by atoms with Crippen LogP contribution in [0.5, 0.6) is 0 Å². The second-order valence-electron chi connectivity index (χ2n) is 2.97. The van der Waals surface area contributed by atoms with Crippen LogP contribution in [0.2, 0.25) is 0 Å². The monoisotopic (exact) mass is 160 g/mol. The number of hydrogen-bond acceptors (Lipinski definition) is 2. The minimum Gasteiger partial charge on any atom is -0.291 e. The number of hydrogen-bond donors (Lipinski definition) is 0. The molecule has 0 fully saturated rings. The maximum atomic E-state index is 4.28. The van der Waals surface area contributed by atoms with Crippen molar-refractivity contribution in [3.05, 3.63) is 29.1 Å². The minimum atomic E-state index is 0.922. The first-order chi connectivity index (χ1) is 5.92. The van der Waals surface area contributed by atoms with Gasteiger partial charge in [0.2, 0.25) is 0 Å². The Labute approximate surface area is 72.4 Å². The summed E-state index contributed by atoms with van der Waals surface area (Å²) in [6.07, 6.45) is 5.91. The average Bonchev–Trinajstić information content (AvgIpc) is 2.17. The highest BCUT2D eigenvalue weighted by Crippen LogP contribution is 2.15. The molecule has 2 heterocycles. The van der Waals surface area contributed by atoms with E-state index >= 15 is 0 Å². The van der Waals surface area contributed by atoms with Crippen molar-refractivity contribution in [2.75, 3.05) is 6.54 Å². The van der Waals surface area contributed by atoms with Crippen molar-refractivity contribution in [1.29, 1.82) is 0 Å². The molecule has 1 aliphatic heterocycles. The smallest absolute Gasteiger partial charge is 0.0843 e. The van der Waals surface area contributed by atoms with E-state index in [1.165, 1.54) is 11.1 Å². The van der Waals surface area contributed by atoms with Gasteiger partial charge < -0.3 is 0 Å². The molecular weight excluding hydrogens is 148 g/mol. The van der Waals surface area contributed by atoms with Gasteiger partial charge in [0.15, 0.2) is 0 Å². The van der Waals surface area contributed by atoms with Gasteiger partial charge in [-0.2, -0.15) is 0 Å². The number of aromatic nitrogens is 1. The van der Waals surface area contributed by atoms with Crippen LogP contribution in [0.4, 0.5) is 0 Å². The standard InChI is InChI=1S/C10H12N2/c1-2-8-3-6-12-10-7-11-5-4-9(8)10/h3,6-7H,2,4-5H2,1H3. The number of rotatable bonds is 1. The Morgan fingerprint density at radius 1 is 1.50 bits per heavy atom. The molecule has 2 rings (SSSR count). The Hall–Kier alpha value is -1.18. The lowest BCUT2D eigenvalue weighted by molar-refractivity contribution is 0.905. The molecule has 62 valence electrons. The zero-order valence-electron chi connectivity index (χ0n) is 7.25. The fourth-order valence-corrected chi connectivity index (χ4v) is 1.61. The van der Waals surface area contributed by atoms with Crippen LogP contribution in [0, 0.1) is 0 Å². The van der Waals surface area contributed by atoms with Crippen molar-refractivity contribution in [3.8, 4) is 0 Å². The molecule has 2 nitrogen and oxygen atoms in total. The van der Waals surface area contributed by atoms with E-state index in [4.69, 9.17) is 0 Å². The van der Waals surface area contributed by atoms with Gasteiger partial charge in [-0.3, -0.25) is 9.98 Å². The summed E-state index contributed by atoms with van der Waals surface area (Å²) in [5.74, 6) is 0. The average molecular weight is 160 g/mol. The summed E-state index contributed by atoms with van der Waals surface area (Å²) >= 11 is 0. The first-order valence-electron chi connectivity index (χ1n) is 4.38. The van der Waals surface area contributed by atoms with Gasteiger partial charge in [0.05, 0.1) is 5.69 Å². The third-order valence-corrected chi connectivity index (χ3v) is 2.27. The maximum Gasteiger partial charge on any atom is 0.0843 e. The third-order valence-electron chi connectivity index (χ3n) is 2.27. The van der Waals surface area contributed by atoms with E-state index in [0.717, 1.165) is 25.1 Å². The van der Waals surface area contributed by atoms with E-state index in [0.29, 0.717) is 0 Å². The van der Waals surface area contributed by atoms with E-state index in [-0.39, 0.29) is 0 Å². The van der Waals surface area contributed by atoms with Crippen LogP contribution in [0.25, 0.3) is 0 Å². The molecule has 1 aromatic rings. The fraction of sp³-hybridized carbons (Fsp3) is 0.400. The normalized spacial score (nSPS) is 14.4. The number of nitrogens with zero attached hydrogens (tertiary/aromatic N) is 2. The van der Waals surface area contributed by atoms with Gasteiger partial charge >= 0.3 is 0 Å². The molecule has 1 aliphatic rings. The summed E-state index contributed by atoms with van der Waals surface area (Å²) in [7, 11) is 0. The molecular formula is C10H12N2. The Balaban J connectivity index is 2.53. The molecule has 0 saturated heterocycles. The van der Waals surface area contributed by atoms with Crippen molar-refractivity contribution < 1.29 is 0 Å². The summed E-state index contributed by atoms with van der Waals surface area (Å²) in [6.45, 7) is 3.10. The predicted molar refractivity (Wildman–Crippen MR) is 49.8 cm³/mol. The number of fused-ring (bicyclic) bond motifs is 1. The van der Waals surface area contributed by atoms with Crippen LogP contribution in [-0.2, 0) is 12.8 Å². The van der Waals surface area contributed by atoms with Gasteiger partial charge in [-0.25, -0.2) is 0 Å². The van der Waals surface area contributed by atoms with Gasteiger partial charge in [-0.1, -0.05) is 6.92 Å². The third kappa shape index (κ3) is 1.13. The van der Waals surface area contributed by atoms with Gasteiger partial charge in [-0.05, 0) is 30.0 Å². The van der Waals surface area contributed by atoms with Gasteiger partial charge in [0.1, 0.15) is 0 Å². The Morgan fingerprint density at radius 2 is 2.42 bits per heavy atom. The summed E-state index contributed by atoms with van der Waals surface area (Å²) in [5, 5.41) is 0. The van der Waals surface area contributed by atoms with Crippen molar-refractivity contribution in [2.24, 2.45) is 4.99 Å². The SMILES string of the molecule is CCc1ccnc2c1CCN=C2. The number of aliphatic imine (C=N–C) groups is 1.